The van der Waals surface area contributed by atoms with E-state index in [1.165, 1.54) is 6.07 Å². The second-order valence-corrected chi connectivity index (χ2v) is 8.11. The van der Waals surface area contributed by atoms with Crippen molar-refractivity contribution in [2.75, 3.05) is 12.8 Å². The molecule has 0 atom stereocenters. The van der Waals surface area contributed by atoms with Crippen molar-refractivity contribution in [3.63, 3.8) is 0 Å². The molecule has 3 aliphatic rings. The van der Waals surface area contributed by atoms with Crippen LogP contribution in [-0.4, -0.2) is 39.7 Å². The van der Waals surface area contributed by atoms with E-state index in [1.807, 2.05) is 0 Å². The average Bonchev–Trinajstić information content (AvgIpc) is 2.67. The molecule has 5 nitrogen and oxygen atoms in total. The highest BCUT2D eigenvalue weighted by Gasteiger charge is 2.56. The van der Waals surface area contributed by atoms with Crippen molar-refractivity contribution in [3.05, 3.63) is 47.0 Å². The first-order chi connectivity index (χ1) is 14.1. The standard InChI is InChI=1S/C21H22F3N3O.CH4O/c1-13-9-15(21(22,23)24)4-5-16(13)17-6-3-14(18(25)27-17)10-26-19-7-2-8-20(28,11-19)12-19;1-2/h3-6,9-10,28H,2,7-8,11-12H2,1H3,(H2,25,27);2H,1H3. The summed E-state index contributed by atoms with van der Waals surface area (Å²) in [5.74, 6) is 0.280. The maximum absolute atomic E-state index is 12.8. The van der Waals surface area contributed by atoms with Gasteiger partial charge in [-0.15, -0.1) is 0 Å². The van der Waals surface area contributed by atoms with E-state index < -0.39 is 17.3 Å². The first kappa shape index (κ1) is 22.2. The first-order valence-corrected chi connectivity index (χ1v) is 9.76. The SMILES string of the molecule is CO.Cc1cc(C(F)(F)F)ccc1-c1ccc(C=NC23CCCC(O)(C2)C3)c(N)n1. The van der Waals surface area contributed by atoms with Crippen molar-refractivity contribution in [2.24, 2.45) is 4.99 Å². The number of nitrogens with two attached hydrogens (primary N) is 1. The van der Waals surface area contributed by atoms with Gasteiger partial charge in [-0.1, -0.05) is 6.07 Å². The van der Waals surface area contributed by atoms with Crippen LogP contribution >= 0.6 is 0 Å². The first-order valence-electron chi connectivity index (χ1n) is 9.76. The Morgan fingerprint density at radius 1 is 1.13 bits per heavy atom. The number of hydrogen-bond donors (Lipinski definition) is 3. The molecular weight excluding hydrogens is 395 g/mol. The number of anilines is 1. The highest BCUT2D eigenvalue weighted by molar-refractivity contribution is 5.87. The van der Waals surface area contributed by atoms with E-state index in [9.17, 15) is 18.3 Å². The van der Waals surface area contributed by atoms with Gasteiger partial charge in [-0.05, 0) is 56.0 Å². The van der Waals surface area contributed by atoms with Crippen molar-refractivity contribution >= 4 is 12.0 Å². The maximum atomic E-state index is 12.8. The molecule has 0 amide bonds. The number of aryl methyl sites for hydroxylation is 1. The molecule has 0 unspecified atom stereocenters. The van der Waals surface area contributed by atoms with E-state index in [-0.39, 0.29) is 11.4 Å². The third-order valence-corrected chi connectivity index (χ3v) is 5.87. The van der Waals surface area contributed by atoms with Gasteiger partial charge in [-0.2, -0.15) is 13.2 Å². The zero-order valence-electron chi connectivity index (χ0n) is 17.0. The molecule has 3 aliphatic carbocycles. The fourth-order valence-corrected chi connectivity index (χ4v) is 4.51. The Morgan fingerprint density at radius 3 is 2.40 bits per heavy atom. The van der Waals surface area contributed by atoms with Crippen molar-refractivity contribution in [1.82, 2.24) is 4.98 Å². The van der Waals surface area contributed by atoms with E-state index in [0.29, 0.717) is 35.2 Å². The zero-order valence-corrected chi connectivity index (χ0v) is 17.0. The van der Waals surface area contributed by atoms with Crippen LogP contribution in [0.25, 0.3) is 11.3 Å². The quantitative estimate of drug-likeness (QED) is 0.650. The zero-order chi connectivity index (χ0) is 22.2. The Kier molecular flexibility index (Phi) is 5.93. The highest BCUT2D eigenvalue weighted by Crippen LogP contribution is 2.54. The molecule has 2 aromatic rings. The number of pyridine rings is 1. The molecule has 1 aromatic carbocycles. The Morgan fingerprint density at radius 2 is 1.83 bits per heavy atom. The van der Waals surface area contributed by atoms with Gasteiger partial charge in [0.05, 0.1) is 22.4 Å². The number of aromatic nitrogens is 1. The number of fused-ring (bicyclic) bond motifs is 2. The summed E-state index contributed by atoms with van der Waals surface area (Å²) < 4.78 is 38.5. The number of hydrogen-bond acceptors (Lipinski definition) is 5. The van der Waals surface area contributed by atoms with Crippen LogP contribution in [0.15, 0.2) is 35.3 Å². The molecular formula is C22H26F3N3O2. The van der Waals surface area contributed by atoms with Crippen LogP contribution in [0.2, 0.25) is 0 Å². The van der Waals surface area contributed by atoms with Gasteiger partial charge in [0.1, 0.15) is 5.82 Å². The lowest BCUT2D eigenvalue weighted by Gasteiger charge is -2.55. The van der Waals surface area contributed by atoms with Gasteiger partial charge < -0.3 is 15.9 Å². The van der Waals surface area contributed by atoms with Crippen LogP contribution < -0.4 is 5.73 Å². The minimum atomic E-state index is -4.37. The fraction of sp³-hybridized carbons (Fsp3) is 0.455. The number of rotatable bonds is 3. The van der Waals surface area contributed by atoms with Gasteiger partial charge >= 0.3 is 6.18 Å². The van der Waals surface area contributed by atoms with E-state index in [4.69, 9.17) is 10.8 Å². The summed E-state index contributed by atoms with van der Waals surface area (Å²) >= 11 is 0. The summed E-state index contributed by atoms with van der Waals surface area (Å²) in [5.41, 5.74) is 6.93. The minimum Gasteiger partial charge on any atom is -0.400 e. The number of halogens is 3. The summed E-state index contributed by atoms with van der Waals surface area (Å²) in [6.07, 6.45) is 1.48. The Balaban J connectivity index is 0.00000124. The Bertz CT molecular complexity index is 951. The van der Waals surface area contributed by atoms with Crippen LogP contribution in [0.1, 0.15) is 48.8 Å². The molecule has 2 bridgehead atoms. The molecule has 5 rings (SSSR count). The third-order valence-electron chi connectivity index (χ3n) is 5.87. The minimum absolute atomic E-state index is 0.192. The molecule has 162 valence electrons. The molecule has 0 saturated heterocycles. The normalized spacial score (nSPS) is 25.4. The lowest BCUT2D eigenvalue weighted by Crippen LogP contribution is -2.59. The summed E-state index contributed by atoms with van der Waals surface area (Å²) in [6, 6.07) is 7.10. The lowest BCUT2D eigenvalue weighted by molar-refractivity contribution is -0.137. The maximum Gasteiger partial charge on any atom is 0.416 e. The van der Waals surface area contributed by atoms with Crippen molar-refractivity contribution in [1.29, 1.82) is 0 Å². The largest absolute Gasteiger partial charge is 0.416 e. The summed E-state index contributed by atoms with van der Waals surface area (Å²) in [5, 5.41) is 17.2. The highest BCUT2D eigenvalue weighted by atomic mass is 19.4. The van der Waals surface area contributed by atoms with E-state index in [1.54, 1.807) is 25.3 Å². The summed E-state index contributed by atoms with van der Waals surface area (Å²) in [6.45, 7) is 1.62. The van der Waals surface area contributed by atoms with Gasteiger partial charge in [0.2, 0.25) is 0 Å². The number of aliphatic hydroxyl groups is 2. The van der Waals surface area contributed by atoms with Crippen LogP contribution in [0.3, 0.4) is 0 Å². The van der Waals surface area contributed by atoms with Gasteiger partial charge in [-0.3, -0.25) is 4.99 Å². The van der Waals surface area contributed by atoms with Crippen LogP contribution in [0.5, 0.6) is 0 Å². The smallest absolute Gasteiger partial charge is 0.400 e. The Labute approximate surface area is 173 Å². The predicted octanol–water partition coefficient (Wildman–Crippen LogP) is 4.13. The van der Waals surface area contributed by atoms with Gasteiger partial charge in [-0.25, -0.2) is 4.98 Å². The molecule has 8 heteroatoms. The molecule has 0 radical (unpaired) electrons. The van der Waals surface area contributed by atoms with Crippen LogP contribution in [0.4, 0.5) is 19.0 Å². The van der Waals surface area contributed by atoms with Gasteiger partial charge in [0.25, 0.3) is 0 Å². The van der Waals surface area contributed by atoms with E-state index in [2.05, 4.69) is 9.98 Å². The number of aliphatic hydroxyl groups excluding tert-OH is 1. The Hall–Kier alpha value is -2.45. The molecule has 0 spiro atoms. The second kappa shape index (κ2) is 8.00. The predicted molar refractivity (Wildman–Crippen MR) is 110 cm³/mol. The second-order valence-electron chi connectivity index (χ2n) is 8.11. The number of aliphatic imine (C=N–C) groups is 1. The number of nitrogens with zero attached hydrogens (tertiary/aromatic N) is 2. The van der Waals surface area contributed by atoms with E-state index >= 15 is 0 Å². The average molecular weight is 421 g/mol. The lowest BCUT2D eigenvalue weighted by atomic mass is 9.57. The van der Waals surface area contributed by atoms with Crippen molar-refractivity contribution in [2.45, 2.75) is 56.3 Å². The van der Waals surface area contributed by atoms with Crippen molar-refractivity contribution < 1.29 is 23.4 Å². The molecule has 1 heterocycles. The third kappa shape index (κ3) is 4.34. The van der Waals surface area contributed by atoms with Crippen LogP contribution in [-0.2, 0) is 6.18 Å². The number of alkyl halides is 3. The summed E-state index contributed by atoms with van der Waals surface area (Å²) in [7, 11) is 1.00. The molecule has 30 heavy (non-hydrogen) atoms. The van der Waals surface area contributed by atoms with Gasteiger partial charge in [0, 0.05) is 37.3 Å². The number of benzene rings is 1. The van der Waals surface area contributed by atoms with Crippen molar-refractivity contribution in [3.8, 4) is 11.3 Å². The monoisotopic (exact) mass is 421 g/mol. The molecule has 0 aliphatic heterocycles. The van der Waals surface area contributed by atoms with Gasteiger partial charge in [0.15, 0.2) is 0 Å². The summed E-state index contributed by atoms with van der Waals surface area (Å²) in [4.78, 5) is 9.05. The fourth-order valence-electron chi connectivity index (χ4n) is 4.51. The molecule has 1 aromatic heterocycles. The van der Waals surface area contributed by atoms with E-state index in [0.717, 1.165) is 38.5 Å². The molecule has 4 N–H and O–H groups in total. The number of nitrogen functional groups attached to an aromatic ring is 1. The topological polar surface area (TPSA) is 91.7 Å². The molecule has 3 fully saturated rings. The molecule has 3 saturated carbocycles. The van der Waals surface area contributed by atoms with Crippen LogP contribution in [0, 0.1) is 6.92 Å².